The van der Waals surface area contributed by atoms with Gasteiger partial charge in [0.25, 0.3) is 0 Å². The number of aliphatic hydroxyl groups is 2. The number of rotatable bonds is 77. The number of ether oxygens (including phenoxy) is 1. The predicted octanol–water partition coefficient (Wildman–Crippen LogP) is 26.7. The normalized spacial score (nSPS) is 12.5. The average molecular weight is 1230 g/mol. The van der Waals surface area contributed by atoms with E-state index in [1.165, 1.54) is 405 Å². The van der Waals surface area contributed by atoms with Crippen LogP contribution >= 0.6 is 0 Å². The Kier molecular flexibility index (Phi) is 75.8. The van der Waals surface area contributed by atoms with Gasteiger partial charge in [0.2, 0.25) is 5.91 Å². The highest BCUT2D eigenvalue weighted by molar-refractivity contribution is 5.76. The van der Waals surface area contributed by atoms with Crippen molar-refractivity contribution in [2.45, 2.75) is 482 Å². The highest BCUT2D eigenvalue weighted by Gasteiger charge is 2.18. The Bertz CT molecular complexity index is 1320. The first-order valence-corrected chi connectivity index (χ1v) is 40.5. The zero-order chi connectivity index (χ0) is 62.8. The van der Waals surface area contributed by atoms with Crippen molar-refractivity contribution in [3.8, 4) is 0 Å². The summed E-state index contributed by atoms with van der Waals surface area (Å²) in [6, 6.07) is -0.626. The van der Waals surface area contributed by atoms with E-state index in [0.29, 0.717) is 19.4 Å². The largest absolute Gasteiger partial charge is 0.466 e. The summed E-state index contributed by atoms with van der Waals surface area (Å²) in [6.07, 6.45) is 97.7. The maximum atomic E-state index is 12.6. The quantitative estimate of drug-likeness (QED) is 0.0320. The molecule has 6 nitrogen and oxygen atoms in total. The van der Waals surface area contributed by atoms with Gasteiger partial charge in [0.1, 0.15) is 0 Å². The number of amides is 1. The van der Waals surface area contributed by atoms with Crippen molar-refractivity contribution >= 4 is 11.9 Å². The van der Waals surface area contributed by atoms with E-state index in [2.05, 4.69) is 19.2 Å². The summed E-state index contributed by atoms with van der Waals surface area (Å²) in [5, 5.41) is 23.3. The van der Waals surface area contributed by atoms with E-state index in [1.54, 1.807) is 6.08 Å². The fraction of sp³-hybridized carbons (Fsp3) is 0.951. The van der Waals surface area contributed by atoms with Crippen molar-refractivity contribution in [1.82, 2.24) is 5.32 Å². The molecule has 0 radical (unpaired) electrons. The van der Waals surface area contributed by atoms with Crippen LogP contribution in [0, 0.1) is 0 Å². The molecular weight excluding hydrogens is 1070 g/mol. The van der Waals surface area contributed by atoms with E-state index in [4.69, 9.17) is 4.74 Å². The summed E-state index contributed by atoms with van der Waals surface area (Å²) in [6.45, 7) is 4.97. The molecule has 0 saturated heterocycles. The number of carbonyl (C=O) groups excluding carboxylic acids is 2. The number of esters is 1. The lowest BCUT2D eigenvalue weighted by Gasteiger charge is -2.20. The topological polar surface area (TPSA) is 95.9 Å². The molecule has 0 rings (SSSR count). The Morgan fingerprint density at radius 3 is 0.782 bits per heavy atom. The Morgan fingerprint density at radius 2 is 0.529 bits per heavy atom. The summed E-state index contributed by atoms with van der Waals surface area (Å²) < 4.78 is 5.50. The average Bonchev–Trinajstić information content (AvgIpc) is 3.53. The standard InChI is InChI=1S/C81H159NO5/c1-3-5-7-9-11-13-15-17-19-20-21-22-23-31-34-37-40-43-46-49-53-57-61-65-69-73-79(84)78(77-83)82-80(85)74-70-66-62-58-54-50-47-44-41-38-35-32-29-27-25-24-26-28-30-33-36-39-42-45-48-52-56-60-64-68-72-76-87-81(86)75-71-67-63-59-55-51-18-16-14-12-10-8-6-4-2/h69,73,78-79,83-84H,3-68,70-72,74-77H2,1-2H3,(H,82,85)/b73-69+. The molecule has 0 bridgehead atoms. The number of carbonyl (C=O) groups is 2. The second-order valence-electron chi connectivity index (χ2n) is 28.1. The van der Waals surface area contributed by atoms with E-state index in [9.17, 15) is 19.8 Å². The minimum Gasteiger partial charge on any atom is -0.466 e. The second-order valence-corrected chi connectivity index (χ2v) is 28.1. The molecule has 0 aliphatic rings. The molecule has 0 aromatic rings. The summed E-state index contributed by atoms with van der Waals surface area (Å²) in [5.41, 5.74) is 0. The number of unbranched alkanes of at least 4 members (excludes halogenated alkanes) is 66. The smallest absolute Gasteiger partial charge is 0.305 e. The van der Waals surface area contributed by atoms with Gasteiger partial charge in [0, 0.05) is 12.8 Å². The number of nitrogens with one attached hydrogen (secondary N) is 1. The summed E-state index contributed by atoms with van der Waals surface area (Å²) in [5.74, 6) is -0.0337. The molecule has 0 spiro atoms. The van der Waals surface area contributed by atoms with E-state index in [0.717, 1.165) is 38.5 Å². The monoisotopic (exact) mass is 1230 g/mol. The Morgan fingerprint density at radius 1 is 0.310 bits per heavy atom. The maximum Gasteiger partial charge on any atom is 0.305 e. The van der Waals surface area contributed by atoms with E-state index in [-0.39, 0.29) is 18.5 Å². The molecule has 0 aliphatic carbocycles. The van der Waals surface area contributed by atoms with Crippen molar-refractivity contribution in [3.05, 3.63) is 12.2 Å². The van der Waals surface area contributed by atoms with Crippen molar-refractivity contribution in [2.75, 3.05) is 13.2 Å². The molecule has 6 heteroatoms. The molecule has 87 heavy (non-hydrogen) atoms. The molecule has 2 atom stereocenters. The minimum absolute atomic E-state index is 0.0240. The van der Waals surface area contributed by atoms with Crippen LogP contribution in [0.5, 0.6) is 0 Å². The van der Waals surface area contributed by atoms with Crippen LogP contribution in [0.1, 0.15) is 470 Å². The van der Waals surface area contributed by atoms with Crippen molar-refractivity contribution in [1.29, 1.82) is 0 Å². The first-order chi connectivity index (χ1) is 43.0. The predicted molar refractivity (Wildman–Crippen MR) is 384 cm³/mol. The van der Waals surface area contributed by atoms with Gasteiger partial charge in [0.05, 0.1) is 25.4 Å². The van der Waals surface area contributed by atoms with Crippen molar-refractivity contribution in [3.63, 3.8) is 0 Å². The van der Waals surface area contributed by atoms with Crippen LogP contribution in [0.15, 0.2) is 12.2 Å². The van der Waals surface area contributed by atoms with Crippen LogP contribution in [-0.4, -0.2) is 47.4 Å². The van der Waals surface area contributed by atoms with Crippen molar-refractivity contribution < 1.29 is 24.5 Å². The zero-order valence-corrected chi connectivity index (χ0v) is 59.5. The molecule has 0 heterocycles. The van der Waals surface area contributed by atoms with Gasteiger partial charge in [0.15, 0.2) is 0 Å². The minimum atomic E-state index is -0.843. The molecule has 0 aromatic carbocycles. The van der Waals surface area contributed by atoms with Gasteiger partial charge in [-0.15, -0.1) is 0 Å². The molecule has 1 amide bonds. The van der Waals surface area contributed by atoms with Gasteiger partial charge in [-0.2, -0.15) is 0 Å². The van der Waals surface area contributed by atoms with Crippen LogP contribution in [0.3, 0.4) is 0 Å². The van der Waals surface area contributed by atoms with Gasteiger partial charge in [-0.3, -0.25) is 9.59 Å². The third-order valence-corrected chi connectivity index (χ3v) is 19.3. The summed E-state index contributed by atoms with van der Waals surface area (Å²) >= 11 is 0. The molecule has 2 unspecified atom stereocenters. The number of aliphatic hydroxyl groups excluding tert-OH is 2. The van der Waals surface area contributed by atoms with Crippen LogP contribution < -0.4 is 5.32 Å². The van der Waals surface area contributed by atoms with Crippen LogP contribution in [0.2, 0.25) is 0 Å². The highest BCUT2D eigenvalue weighted by Crippen LogP contribution is 2.20. The van der Waals surface area contributed by atoms with Crippen LogP contribution in [0.4, 0.5) is 0 Å². The molecule has 0 saturated carbocycles. The Balaban J connectivity index is 3.35. The molecule has 518 valence electrons. The van der Waals surface area contributed by atoms with Gasteiger partial charge in [-0.1, -0.05) is 437 Å². The lowest BCUT2D eigenvalue weighted by atomic mass is 10.0. The number of hydrogen-bond donors (Lipinski definition) is 3. The lowest BCUT2D eigenvalue weighted by Crippen LogP contribution is -2.45. The highest BCUT2D eigenvalue weighted by atomic mass is 16.5. The van der Waals surface area contributed by atoms with Crippen LogP contribution in [-0.2, 0) is 14.3 Å². The Hall–Kier alpha value is -1.40. The molecule has 0 fully saturated rings. The van der Waals surface area contributed by atoms with E-state index >= 15 is 0 Å². The van der Waals surface area contributed by atoms with E-state index in [1.807, 2.05) is 6.08 Å². The molecule has 0 aromatic heterocycles. The fourth-order valence-electron chi connectivity index (χ4n) is 13.2. The van der Waals surface area contributed by atoms with Gasteiger partial charge in [-0.25, -0.2) is 0 Å². The SMILES string of the molecule is CCCCCCCCCCCCCCCCCCCCCCCCC/C=C/C(O)C(CO)NC(=O)CCCCCCCCCCCCCCCCCCCCCCCCCCCCCCCCCOC(=O)CCCCCCCCCCCCCCCC. The molecule has 3 N–H and O–H groups in total. The maximum absolute atomic E-state index is 12.6. The van der Waals surface area contributed by atoms with Crippen LogP contribution in [0.25, 0.3) is 0 Å². The molecular formula is C81H159NO5. The summed E-state index contributed by atoms with van der Waals surface area (Å²) in [4.78, 5) is 24.6. The second kappa shape index (κ2) is 77.1. The van der Waals surface area contributed by atoms with Crippen molar-refractivity contribution in [2.24, 2.45) is 0 Å². The van der Waals surface area contributed by atoms with E-state index < -0.39 is 12.1 Å². The van der Waals surface area contributed by atoms with Gasteiger partial charge >= 0.3 is 5.97 Å². The Labute approximate surface area is 546 Å². The molecule has 0 aliphatic heterocycles. The first-order valence-electron chi connectivity index (χ1n) is 40.5. The fourth-order valence-corrected chi connectivity index (χ4v) is 13.2. The lowest BCUT2D eigenvalue weighted by molar-refractivity contribution is -0.143. The first kappa shape index (κ1) is 85.6. The third kappa shape index (κ3) is 73.5. The number of hydrogen-bond acceptors (Lipinski definition) is 5. The zero-order valence-electron chi connectivity index (χ0n) is 59.5. The van der Waals surface area contributed by atoms with Gasteiger partial charge in [-0.05, 0) is 32.1 Å². The summed E-state index contributed by atoms with van der Waals surface area (Å²) in [7, 11) is 0. The third-order valence-electron chi connectivity index (χ3n) is 19.3. The number of allylic oxidation sites excluding steroid dienone is 1. The van der Waals surface area contributed by atoms with Gasteiger partial charge < -0.3 is 20.3 Å².